The van der Waals surface area contributed by atoms with Gasteiger partial charge in [0.25, 0.3) is 0 Å². The van der Waals surface area contributed by atoms with Gasteiger partial charge in [-0.1, -0.05) is 12.8 Å². The number of hydrogen-bond acceptors (Lipinski definition) is 2. The van der Waals surface area contributed by atoms with Crippen LogP contribution in [0.4, 0.5) is 4.79 Å². The number of hydrogen-bond donors (Lipinski definition) is 1. The highest BCUT2D eigenvalue weighted by atomic mass is 16.3. The third-order valence-electron chi connectivity index (χ3n) is 3.26. The first-order chi connectivity index (χ1) is 8.31. The lowest BCUT2D eigenvalue weighted by atomic mass is 10.2. The molecular weight excluding hydrogens is 216 g/mol. The maximum atomic E-state index is 12.0. The lowest BCUT2D eigenvalue weighted by Crippen LogP contribution is -2.44. The molecule has 0 radical (unpaired) electrons. The van der Waals surface area contributed by atoms with E-state index in [1.54, 1.807) is 6.26 Å². The van der Waals surface area contributed by atoms with E-state index in [1.807, 2.05) is 24.0 Å². The van der Waals surface area contributed by atoms with Crippen LogP contribution >= 0.6 is 0 Å². The predicted molar refractivity (Wildman–Crippen MR) is 65.6 cm³/mol. The molecule has 17 heavy (non-hydrogen) atoms. The molecule has 94 valence electrons. The van der Waals surface area contributed by atoms with Crippen molar-refractivity contribution in [1.29, 1.82) is 0 Å². The fourth-order valence-electron chi connectivity index (χ4n) is 2.41. The molecule has 1 fully saturated rings. The van der Waals surface area contributed by atoms with Gasteiger partial charge in [-0.25, -0.2) is 4.79 Å². The van der Waals surface area contributed by atoms with E-state index < -0.39 is 0 Å². The van der Waals surface area contributed by atoms with E-state index in [0.29, 0.717) is 19.1 Å². The zero-order valence-corrected chi connectivity index (χ0v) is 10.3. The molecule has 4 heteroatoms. The van der Waals surface area contributed by atoms with Crippen LogP contribution < -0.4 is 5.32 Å². The standard InChI is InChI=1S/C13H20N2O2/c1-2-14-13(16)15(11-6-3-4-7-11)10-12-8-5-9-17-12/h5,8-9,11H,2-4,6-7,10H2,1H3,(H,14,16). The number of carbonyl (C=O) groups excluding carboxylic acids is 1. The van der Waals surface area contributed by atoms with Gasteiger partial charge in [0, 0.05) is 12.6 Å². The van der Waals surface area contributed by atoms with Gasteiger partial charge in [0.15, 0.2) is 0 Å². The summed E-state index contributed by atoms with van der Waals surface area (Å²) in [6.07, 6.45) is 6.31. The lowest BCUT2D eigenvalue weighted by Gasteiger charge is -2.28. The van der Waals surface area contributed by atoms with Gasteiger partial charge in [-0.15, -0.1) is 0 Å². The van der Waals surface area contributed by atoms with Gasteiger partial charge in [-0.05, 0) is 31.9 Å². The Morgan fingerprint density at radius 1 is 1.53 bits per heavy atom. The topological polar surface area (TPSA) is 45.5 Å². The molecule has 0 spiro atoms. The summed E-state index contributed by atoms with van der Waals surface area (Å²) in [7, 11) is 0. The summed E-state index contributed by atoms with van der Waals surface area (Å²) in [5.41, 5.74) is 0. The van der Waals surface area contributed by atoms with Crippen molar-refractivity contribution in [3.05, 3.63) is 24.2 Å². The molecule has 1 aliphatic carbocycles. The Hall–Kier alpha value is -1.45. The number of carbonyl (C=O) groups is 1. The summed E-state index contributed by atoms with van der Waals surface area (Å²) in [5, 5.41) is 2.88. The Kier molecular flexibility index (Phi) is 4.07. The van der Waals surface area contributed by atoms with Crippen LogP contribution in [-0.4, -0.2) is 23.5 Å². The Bertz CT molecular complexity index is 342. The highest BCUT2D eigenvalue weighted by Crippen LogP contribution is 2.25. The van der Waals surface area contributed by atoms with Gasteiger partial charge < -0.3 is 14.6 Å². The number of nitrogens with zero attached hydrogens (tertiary/aromatic N) is 1. The summed E-state index contributed by atoms with van der Waals surface area (Å²) in [6.45, 7) is 3.18. The minimum atomic E-state index is 0.0239. The second kappa shape index (κ2) is 5.75. The average Bonchev–Trinajstić information content (AvgIpc) is 2.99. The molecule has 1 N–H and O–H groups in total. The van der Waals surface area contributed by atoms with Crippen LogP contribution in [-0.2, 0) is 6.54 Å². The molecule has 0 aliphatic heterocycles. The molecule has 1 aromatic rings. The van der Waals surface area contributed by atoms with Crippen LogP contribution in [0.25, 0.3) is 0 Å². The summed E-state index contributed by atoms with van der Waals surface area (Å²) in [4.78, 5) is 13.9. The SMILES string of the molecule is CCNC(=O)N(Cc1ccco1)C1CCCC1. The van der Waals surface area contributed by atoms with E-state index in [9.17, 15) is 4.79 Å². The summed E-state index contributed by atoms with van der Waals surface area (Å²) in [5.74, 6) is 0.850. The highest BCUT2D eigenvalue weighted by molar-refractivity contribution is 5.74. The maximum absolute atomic E-state index is 12.0. The molecule has 4 nitrogen and oxygen atoms in total. The minimum Gasteiger partial charge on any atom is -0.467 e. The molecule has 1 aromatic heterocycles. The number of urea groups is 1. The van der Waals surface area contributed by atoms with Crippen molar-refractivity contribution in [2.75, 3.05) is 6.54 Å². The van der Waals surface area contributed by atoms with Crippen molar-refractivity contribution >= 4 is 6.03 Å². The first kappa shape index (κ1) is 12.0. The summed E-state index contributed by atoms with van der Waals surface area (Å²) < 4.78 is 5.33. The van der Waals surface area contributed by atoms with Crippen molar-refractivity contribution in [3.8, 4) is 0 Å². The first-order valence-electron chi connectivity index (χ1n) is 6.38. The van der Waals surface area contributed by atoms with E-state index in [4.69, 9.17) is 4.42 Å². The number of nitrogens with one attached hydrogen (secondary N) is 1. The first-order valence-corrected chi connectivity index (χ1v) is 6.38. The van der Waals surface area contributed by atoms with Gasteiger partial charge in [0.1, 0.15) is 5.76 Å². The van der Waals surface area contributed by atoms with Crippen molar-refractivity contribution in [2.24, 2.45) is 0 Å². The molecule has 2 rings (SSSR count). The van der Waals surface area contributed by atoms with E-state index in [1.165, 1.54) is 12.8 Å². The van der Waals surface area contributed by atoms with E-state index in [2.05, 4.69) is 5.32 Å². The van der Waals surface area contributed by atoms with Crippen molar-refractivity contribution < 1.29 is 9.21 Å². The second-order valence-corrected chi connectivity index (χ2v) is 4.48. The van der Waals surface area contributed by atoms with Gasteiger partial charge in [-0.3, -0.25) is 0 Å². The van der Waals surface area contributed by atoms with Crippen LogP contribution in [0.15, 0.2) is 22.8 Å². The Labute approximate surface area is 102 Å². The lowest BCUT2D eigenvalue weighted by molar-refractivity contribution is 0.165. The Morgan fingerprint density at radius 2 is 2.29 bits per heavy atom. The third-order valence-corrected chi connectivity index (χ3v) is 3.26. The van der Waals surface area contributed by atoms with Crippen molar-refractivity contribution in [1.82, 2.24) is 10.2 Å². The number of amides is 2. The van der Waals surface area contributed by atoms with E-state index in [-0.39, 0.29) is 6.03 Å². The third kappa shape index (κ3) is 3.02. The average molecular weight is 236 g/mol. The molecule has 0 aromatic carbocycles. The summed E-state index contributed by atoms with van der Waals surface area (Å²) >= 11 is 0. The molecule has 1 heterocycles. The van der Waals surface area contributed by atoms with Crippen LogP contribution in [0.5, 0.6) is 0 Å². The fourth-order valence-corrected chi connectivity index (χ4v) is 2.41. The summed E-state index contributed by atoms with van der Waals surface area (Å²) in [6, 6.07) is 4.17. The van der Waals surface area contributed by atoms with E-state index in [0.717, 1.165) is 18.6 Å². The van der Waals surface area contributed by atoms with Crippen LogP contribution in [0, 0.1) is 0 Å². The molecule has 0 saturated heterocycles. The second-order valence-electron chi connectivity index (χ2n) is 4.48. The van der Waals surface area contributed by atoms with Gasteiger partial charge in [0.2, 0.25) is 0 Å². The van der Waals surface area contributed by atoms with E-state index >= 15 is 0 Å². The molecular formula is C13H20N2O2. The number of rotatable bonds is 4. The molecule has 0 bridgehead atoms. The molecule has 1 saturated carbocycles. The zero-order valence-electron chi connectivity index (χ0n) is 10.3. The molecule has 1 aliphatic rings. The quantitative estimate of drug-likeness (QED) is 0.873. The van der Waals surface area contributed by atoms with Crippen LogP contribution in [0.2, 0.25) is 0 Å². The van der Waals surface area contributed by atoms with Gasteiger partial charge >= 0.3 is 6.03 Å². The molecule has 0 unspecified atom stereocenters. The largest absolute Gasteiger partial charge is 0.467 e. The van der Waals surface area contributed by atoms with Gasteiger partial charge in [0.05, 0.1) is 12.8 Å². The van der Waals surface area contributed by atoms with Gasteiger partial charge in [-0.2, -0.15) is 0 Å². The van der Waals surface area contributed by atoms with Crippen molar-refractivity contribution in [3.63, 3.8) is 0 Å². The zero-order chi connectivity index (χ0) is 12.1. The fraction of sp³-hybridized carbons (Fsp3) is 0.615. The molecule has 0 atom stereocenters. The maximum Gasteiger partial charge on any atom is 0.318 e. The Morgan fingerprint density at radius 3 is 2.88 bits per heavy atom. The monoisotopic (exact) mass is 236 g/mol. The van der Waals surface area contributed by atoms with Crippen molar-refractivity contribution in [2.45, 2.75) is 45.2 Å². The normalized spacial score (nSPS) is 16.1. The van der Waals surface area contributed by atoms with Crippen LogP contribution in [0.1, 0.15) is 38.4 Å². The molecule has 2 amide bonds. The minimum absolute atomic E-state index is 0.0239. The Balaban J connectivity index is 2.03. The van der Waals surface area contributed by atoms with Crippen LogP contribution in [0.3, 0.4) is 0 Å². The highest BCUT2D eigenvalue weighted by Gasteiger charge is 2.26. The number of furan rings is 1. The smallest absolute Gasteiger partial charge is 0.318 e. The predicted octanol–water partition coefficient (Wildman–Crippen LogP) is 2.75.